The molecule has 1 aromatic heterocycles. The number of likely N-dealkylation sites (N-methyl/N-ethyl adjacent to an activating group) is 1. The van der Waals surface area contributed by atoms with Crippen molar-refractivity contribution in [1.82, 2.24) is 9.88 Å². The summed E-state index contributed by atoms with van der Waals surface area (Å²) in [6.45, 7) is 3.53. The van der Waals surface area contributed by atoms with Crippen molar-refractivity contribution < 1.29 is 0 Å². The van der Waals surface area contributed by atoms with E-state index in [0.29, 0.717) is 5.02 Å². The number of hydrogen-bond acceptors (Lipinski definition) is 4. The molecule has 0 spiro atoms. The number of nitrogens with one attached hydrogen (secondary N) is 1. The van der Waals surface area contributed by atoms with E-state index in [2.05, 4.69) is 64.7 Å². The van der Waals surface area contributed by atoms with E-state index in [4.69, 9.17) is 28.9 Å². The predicted molar refractivity (Wildman–Crippen MR) is 150 cm³/mol. The number of halogens is 2. The molecule has 0 saturated carbocycles. The molecule has 1 atom stereocenters. The zero-order valence-corrected chi connectivity index (χ0v) is 22.1. The van der Waals surface area contributed by atoms with E-state index >= 15 is 0 Å². The van der Waals surface area contributed by atoms with E-state index in [1.54, 1.807) is 0 Å². The van der Waals surface area contributed by atoms with Crippen LogP contribution in [0.15, 0.2) is 54.7 Å². The van der Waals surface area contributed by atoms with Gasteiger partial charge in [-0.1, -0.05) is 73.2 Å². The number of rotatable bonds is 11. The van der Waals surface area contributed by atoms with Gasteiger partial charge < -0.3 is 16.0 Å². The first-order chi connectivity index (χ1) is 17.0. The molecule has 0 radical (unpaired) electrons. The number of aromatic nitrogens is 1. The van der Waals surface area contributed by atoms with Crippen molar-refractivity contribution >= 4 is 29.0 Å². The summed E-state index contributed by atoms with van der Waals surface area (Å²) in [7, 11) is 2.14. The van der Waals surface area contributed by atoms with Gasteiger partial charge in [0.25, 0.3) is 0 Å². The first-order valence-electron chi connectivity index (χ1n) is 12.7. The van der Waals surface area contributed by atoms with Gasteiger partial charge in [0.1, 0.15) is 5.82 Å². The van der Waals surface area contributed by atoms with Crippen molar-refractivity contribution in [1.29, 1.82) is 0 Å². The number of unbranched alkanes of at least 4 members (excludes halogenated alkanes) is 5. The standard InChI is InChI=1S/C29H36Cl2N4/c1-35-19-26(25-17-24(30)18-28(31)27(25)20-35)23-10-8-9-21(15-23)22-11-14-34-29(16-22)33-13-7-5-3-2-4-6-12-32/h8-11,14-18,26H,2-7,12-13,19-20,32H2,1H3,(H,33,34)/t26-/m0/s1. The van der Waals surface area contributed by atoms with Crippen LogP contribution >= 0.6 is 23.2 Å². The first kappa shape index (κ1) is 26.0. The van der Waals surface area contributed by atoms with Crippen LogP contribution in [0.25, 0.3) is 11.1 Å². The molecule has 3 N–H and O–H groups in total. The minimum Gasteiger partial charge on any atom is -0.370 e. The molecule has 6 heteroatoms. The fourth-order valence-electron chi connectivity index (χ4n) is 4.97. The number of hydrogen-bond donors (Lipinski definition) is 2. The van der Waals surface area contributed by atoms with Crippen LogP contribution in [-0.2, 0) is 6.54 Å². The maximum absolute atomic E-state index is 6.57. The zero-order chi connectivity index (χ0) is 24.6. The molecule has 0 unspecified atom stereocenters. The molecule has 35 heavy (non-hydrogen) atoms. The van der Waals surface area contributed by atoms with Crippen LogP contribution in [0.5, 0.6) is 0 Å². The molecule has 0 fully saturated rings. The van der Waals surface area contributed by atoms with Crippen LogP contribution in [0.1, 0.15) is 61.1 Å². The Labute approximate surface area is 219 Å². The number of anilines is 1. The summed E-state index contributed by atoms with van der Waals surface area (Å²) in [5.74, 6) is 1.15. The molecule has 0 amide bonds. The second-order valence-electron chi connectivity index (χ2n) is 9.60. The second kappa shape index (κ2) is 12.7. The highest BCUT2D eigenvalue weighted by molar-refractivity contribution is 6.35. The molecule has 2 heterocycles. The molecular formula is C29H36Cl2N4. The molecule has 4 nitrogen and oxygen atoms in total. The third kappa shape index (κ3) is 6.98. The van der Waals surface area contributed by atoms with E-state index in [1.807, 2.05) is 12.3 Å². The maximum atomic E-state index is 6.57. The fourth-order valence-corrected chi connectivity index (χ4v) is 5.53. The average Bonchev–Trinajstić information content (AvgIpc) is 2.86. The van der Waals surface area contributed by atoms with Gasteiger partial charge in [-0.25, -0.2) is 4.98 Å². The first-order valence-corrected chi connectivity index (χ1v) is 13.5. The van der Waals surface area contributed by atoms with E-state index in [1.165, 1.54) is 53.5 Å². The normalized spacial score (nSPS) is 15.7. The summed E-state index contributed by atoms with van der Waals surface area (Å²) in [5, 5.41) is 4.94. The Hall–Kier alpha value is -2.11. The van der Waals surface area contributed by atoms with Gasteiger partial charge in [0.05, 0.1) is 0 Å². The smallest absolute Gasteiger partial charge is 0.126 e. The van der Waals surface area contributed by atoms with Gasteiger partial charge in [0.2, 0.25) is 0 Å². The molecule has 0 aliphatic carbocycles. The van der Waals surface area contributed by atoms with Gasteiger partial charge in [-0.3, -0.25) is 0 Å². The molecule has 2 aromatic carbocycles. The summed E-state index contributed by atoms with van der Waals surface area (Å²) in [6.07, 6.45) is 9.23. The Kier molecular flexibility index (Phi) is 9.45. The Morgan fingerprint density at radius 2 is 1.74 bits per heavy atom. The molecule has 1 aliphatic rings. The number of nitrogens with two attached hydrogens (primary N) is 1. The van der Waals surface area contributed by atoms with E-state index < -0.39 is 0 Å². The number of pyridine rings is 1. The van der Waals surface area contributed by atoms with Crippen molar-refractivity contribution in [2.24, 2.45) is 5.73 Å². The summed E-state index contributed by atoms with van der Waals surface area (Å²) >= 11 is 13.0. The number of fused-ring (bicyclic) bond motifs is 1. The summed E-state index contributed by atoms with van der Waals surface area (Å²) in [4.78, 5) is 6.86. The lowest BCUT2D eigenvalue weighted by atomic mass is 9.84. The van der Waals surface area contributed by atoms with Crippen LogP contribution in [0.2, 0.25) is 10.0 Å². The largest absolute Gasteiger partial charge is 0.370 e. The lowest BCUT2D eigenvalue weighted by molar-refractivity contribution is 0.295. The molecule has 4 rings (SSSR count). The quantitative estimate of drug-likeness (QED) is 0.265. The molecule has 0 saturated heterocycles. The van der Waals surface area contributed by atoms with Crippen molar-refractivity contribution in [2.75, 3.05) is 32.0 Å². The summed E-state index contributed by atoms with van der Waals surface area (Å²) < 4.78 is 0. The third-order valence-electron chi connectivity index (χ3n) is 6.81. The number of benzene rings is 2. The molecule has 1 aliphatic heterocycles. The van der Waals surface area contributed by atoms with Gasteiger partial charge in [-0.05, 0) is 78.5 Å². The maximum Gasteiger partial charge on any atom is 0.126 e. The number of nitrogens with zero attached hydrogens (tertiary/aromatic N) is 2. The molecule has 186 valence electrons. The van der Waals surface area contributed by atoms with Crippen molar-refractivity contribution in [3.8, 4) is 11.1 Å². The fraction of sp³-hybridized carbons (Fsp3) is 0.414. The van der Waals surface area contributed by atoms with Crippen LogP contribution < -0.4 is 11.1 Å². The highest BCUT2D eigenvalue weighted by atomic mass is 35.5. The van der Waals surface area contributed by atoms with Crippen LogP contribution in [-0.4, -0.2) is 36.6 Å². The van der Waals surface area contributed by atoms with E-state index in [0.717, 1.165) is 49.9 Å². The summed E-state index contributed by atoms with van der Waals surface area (Å²) in [5.41, 5.74) is 11.6. The van der Waals surface area contributed by atoms with Gasteiger partial charge in [-0.2, -0.15) is 0 Å². The van der Waals surface area contributed by atoms with Crippen molar-refractivity contribution in [2.45, 2.75) is 51.0 Å². The van der Waals surface area contributed by atoms with E-state index in [9.17, 15) is 0 Å². The predicted octanol–water partition coefficient (Wildman–Crippen LogP) is 7.34. The van der Waals surface area contributed by atoms with Crippen LogP contribution in [0.4, 0.5) is 5.82 Å². The summed E-state index contributed by atoms with van der Waals surface area (Å²) in [6, 6.07) is 17.0. The molecule has 3 aromatic rings. The zero-order valence-electron chi connectivity index (χ0n) is 20.6. The van der Waals surface area contributed by atoms with Crippen LogP contribution in [0, 0.1) is 0 Å². The minimum absolute atomic E-state index is 0.226. The van der Waals surface area contributed by atoms with Gasteiger partial charge in [0.15, 0.2) is 0 Å². The average molecular weight is 512 g/mol. The van der Waals surface area contributed by atoms with Gasteiger partial charge in [-0.15, -0.1) is 0 Å². The van der Waals surface area contributed by atoms with Gasteiger partial charge >= 0.3 is 0 Å². The second-order valence-corrected chi connectivity index (χ2v) is 10.4. The molecule has 0 bridgehead atoms. The third-order valence-corrected chi connectivity index (χ3v) is 7.37. The van der Waals surface area contributed by atoms with Crippen molar-refractivity contribution in [3.63, 3.8) is 0 Å². The SMILES string of the molecule is CN1Cc2c(Cl)cc(Cl)cc2[C@H](c2cccc(-c3ccnc(NCCCCCCCCN)c3)c2)C1. The Bertz CT molecular complexity index is 1120. The van der Waals surface area contributed by atoms with Gasteiger partial charge in [0, 0.05) is 41.8 Å². The minimum atomic E-state index is 0.226. The lowest BCUT2D eigenvalue weighted by Crippen LogP contribution is -2.31. The van der Waals surface area contributed by atoms with Crippen LogP contribution in [0.3, 0.4) is 0 Å². The molecular weight excluding hydrogens is 475 g/mol. The highest BCUT2D eigenvalue weighted by Gasteiger charge is 2.27. The Morgan fingerprint density at radius 3 is 2.57 bits per heavy atom. The Morgan fingerprint density at radius 1 is 0.971 bits per heavy atom. The Balaban J connectivity index is 1.45. The van der Waals surface area contributed by atoms with Crippen molar-refractivity contribution in [3.05, 3.63) is 81.5 Å². The topological polar surface area (TPSA) is 54.2 Å². The highest BCUT2D eigenvalue weighted by Crippen LogP contribution is 2.39. The van der Waals surface area contributed by atoms with E-state index in [-0.39, 0.29) is 5.92 Å². The monoisotopic (exact) mass is 510 g/mol. The lowest BCUT2D eigenvalue weighted by Gasteiger charge is -2.33.